The number of anilines is 1. The van der Waals surface area contributed by atoms with Crippen LogP contribution in [0.4, 0.5) is 5.69 Å². The minimum absolute atomic E-state index is 0.143. The van der Waals surface area contributed by atoms with Crippen LogP contribution in [0.1, 0.15) is 32.9 Å². The predicted molar refractivity (Wildman–Crippen MR) is 157 cm³/mol. The van der Waals surface area contributed by atoms with Crippen molar-refractivity contribution in [2.45, 2.75) is 20.4 Å². The van der Waals surface area contributed by atoms with Crippen molar-refractivity contribution in [3.63, 3.8) is 0 Å². The third-order valence-electron chi connectivity index (χ3n) is 5.96. The van der Waals surface area contributed by atoms with Crippen LogP contribution in [0.3, 0.4) is 0 Å². The number of carbonyl (C=O) groups is 1. The molecule has 0 unspecified atom stereocenters. The van der Waals surface area contributed by atoms with Gasteiger partial charge in [0.15, 0.2) is 0 Å². The van der Waals surface area contributed by atoms with Gasteiger partial charge in [-0.05, 0) is 80.1 Å². The number of amides is 1. The Morgan fingerprint density at radius 3 is 2.37 bits per heavy atom. The van der Waals surface area contributed by atoms with E-state index in [1.165, 1.54) is 4.31 Å². The molecule has 0 spiro atoms. The number of hydrogen-bond donors (Lipinski definition) is 1. The van der Waals surface area contributed by atoms with Crippen molar-refractivity contribution in [1.29, 1.82) is 0 Å². The van der Waals surface area contributed by atoms with Crippen LogP contribution < -0.4 is 9.73 Å². The van der Waals surface area contributed by atoms with E-state index in [9.17, 15) is 13.2 Å². The summed E-state index contributed by atoms with van der Waals surface area (Å²) < 4.78 is 29.3. The molecule has 0 aliphatic heterocycles. The van der Waals surface area contributed by atoms with Crippen LogP contribution in [0.15, 0.2) is 88.4 Å². The number of benzene rings is 3. The third kappa shape index (κ3) is 6.53. The Hall–Kier alpha value is -3.40. The number of aryl methyl sites for hydroxylation is 1. The Bertz CT molecular complexity index is 1600. The molecule has 0 atom stereocenters. The molecular weight excluding hydrogens is 588 g/mol. The van der Waals surface area contributed by atoms with Gasteiger partial charge in [-0.25, -0.2) is 13.8 Å². The van der Waals surface area contributed by atoms with Crippen molar-refractivity contribution in [3.05, 3.63) is 116 Å². The van der Waals surface area contributed by atoms with Crippen molar-refractivity contribution >= 4 is 55.4 Å². The summed E-state index contributed by atoms with van der Waals surface area (Å²) in [5, 5.41) is 4.71. The Morgan fingerprint density at radius 1 is 1.05 bits per heavy atom. The number of hydrogen-bond acceptors (Lipinski definition) is 4. The van der Waals surface area contributed by atoms with Gasteiger partial charge in [0.1, 0.15) is 0 Å². The number of nitrogens with zero attached hydrogens (tertiary/aromatic N) is 3. The molecule has 0 radical (unpaired) electrons. The molecule has 38 heavy (non-hydrogen) atoms. The summed E-state index contributed by atoms with van der Waals surface area (Å²) in [5.41, 5.74) is 8.07. The number of rotatable bonds is 8. The molecule has 3 aromatic carbocycles. The average molecular weight is 614 g/mol. The van der Waals surface area contributed by atoms with Gasteiger partial charge in [-0.2, -0.15) is 5.10 Å². The fourth-order valence-corrected chi connectivity index (χ4v) is 5.49. The van der Waals surface area contributed by atoms with Crippen LogP contribution in [0, 0.1) is 13.8 Å². The Kier molecular flexibility index (Phi) is 8.40. The van der Waals surface area contributed by atoms with Crippen molar-refractivity contribution in [2.24, 2.45) is 5.10 Å². The number of carbonyl (C=O) groups excluding carboxylic acids is 1. The summed E-state index contributed by atoms with van der Waals surface area (Å²) in [5.74, 6) is -0.405. The molecule has 0 saturated carbocycles. The number of nitrogens with one attached hydrogen (secondary N) is 1. The zero-order valence-corrected chi connectivity index (χ0v) is 24.2. The van der Waals surface area contributed by atoms with E-state index in [0.717, 1.165) is 38.9 Å². The zero-order chi connectivity index (χ0) is 27.4. The predicted octanol–water partition coefficient (Wildman–Crippen LogP) is 6.24. The first-order valence-electron chi connectivity index (χ1n) is 11.6. The van der Waals surface area contributed by atoms with Crippen molar-refractivity contribution < 1.29 is 13.2 Å². The lowest BCUT2D eigenvalue weighted by Crippen LogP contribution is -2.29. The first-order valence-corrected chi connectivity index (χ1v) is 14.7. The first-order chi connectivity index (χ1) is 18.0. The molecule has 0 aliphatic carbocycles. The first kappa shape index (κ1) is 27.6. The molecular formula is C28H26BrClN4O3S. The van der Waals surface area contributed by atoms with Crippen molar-refractivity contribution in [1.82, 2.24) is 9.99 Å². The number of halogens is 2. The standard InChI is InChI=1S/C28H26BrClN4O3S/c1-19-15-23(20(2)34(19)27-6-4-5-24(29)16-27)17-31-32-28(35)22-9-13-26(14-10-22)33(38(3,36)37)18-21-7-11-25(30)12-8-21/h4-17H,18H2,1-3H3,(H,32,35)/b31-17+. The molecule has 196 valence electrons. The lowest BCUT2D eigenvalue weighted by atomic mass is 10.2. The van der Waals surface area contributed by atoms with Gasteiger partial charge in [-0.15, -0.1) is 0 Å². The number of hydrazone groups is 1. The SMILES string of the molecule is Cc1cc(/C=N/NC(=O)c2ccc(N(Cc3ccc(Cl)cc3)S(C)(=O)=O)cc2)c(C)n1-c1cccc(Br)c1. The smallest absolute Gasteiger partial charge is 0.271 e. The Balaban J connectivity index is 1.46. The summed E-state index contributed by atoms with van der Waals surface area (Å²) in [6.45, 7) is 4.15. The highest BCUT2D eigenvalue weighted by molar-refractivity contribution is 9.10. The second kappa shape index (κ2) is 11.6. The van der Waals surface area contributed by atoms with Crippen molar-refractivity contribution in [2.75, 3.05) is 10.6 Å². The maximum atomic E-state index is 12.7. The van der Waals surface area contributed by atoms with E-state index in [4.69, 9.17) is 11.6 Å². The summed E-state index contributed by atoms with van der Waals surface area (Å²) in [6.07, 6.45) is 2.76. The maximum absolute atomic E-state index is 12.7. The molecule has 4 aromatic rings. The summed E-state index contributed by atoms with van der Waals surface area (Å²) in [7, 11) is -3.56. The quantitative estimate of drug-likeness (QED) is 0.189. The highest BCUT2D eigenvalue weighted by atomic mass is 79.9. The molecule has 7 nitrogen and oxygen atoms in total. The minimum atomic E-state index is -3.56. The van der Waals surface area contributed by atoms with Gasteiger partial charge in [0.25, 0.3) is 5.91 Å². The lowest BCUT2D eigenvalue weighted by Gasteiger charge is -2.22. The van der Waals surface area contributed by atoms with E-state index in [-0.39, 0.29) is 6.54 Å². The van der Waals surface area contributed by atoms with Gasteiger partial charge in [0.05, 0.1) is 24.7 Å². The zero-order valence-electron chi connectivity index (χ0n) is 21.0. The van der Waals surface area contributed by atoms with E-state index in [1.54, 1.807) is 54.7 Å². The van der Waals surface area contributed by atoms with Gasteiger partial charge < -0.3 is 4.57 Å². The molecule has 0 aliphatic rings. The molecule has 10 heteroatoms. The van der Waals surface area contributed by atoms with Crippen LogP contribution >= 0.6 is 27.5 Å². The minimum Gasteiger partial charge on any atom is -0.318 e. The second-order valence-corrected chi connectivity index (χ2v) is 12.0. The third-order valence-corrected chi connectivity index (χ3v) is 7.85. The van der Waals surface area contributed by atoms with Gasteiger partial charge >= 0.3 is 0 Å². The summed E-state index contributed by atoms with van der Waals surface area (Å²) >= 11 is 9.45. The normalized spacial score (nSPS) is 11.6. The number of sulfonamides is 1. The average Bonchev–Trinajstić information content (AvgIpc) is 3.15. The summed E-state index contributed by atoms with van der Waals surface area (Å²) in [4.78, 5) is 12.7. The molecule has 1 N–H and O–H groups in total. The fraction of sp³-hybridized carbons (Fsp3) is 0.143. The van der Waals surface area contributed by atoms with E-state index in [2.05, 4.69) is 31.0 Å². The highest BCUT2D eigenvalue weighted by Crippen LogP contribution is 2.23. The van der Waals surface area contributed by atoms with Crippen LogP contribution in [0.5, 0.6) is 0 Å². The van der Waals surface area contributed by atoms with Gasteiger partial charge in [0.2, 0.25) is 10.0 Å². The Morgan fingerprint density at radius 2 is 1.74 bits per heavy atom. The lowest BCUT2D eigenvalue weighted by molar-refractivity contribution is 0.0955. The van der Waals surface area contributed by atoms with Crippen LogP contribution in [-0.2, 0) is 16.6 Å². The molecule has 0 fully saturated rings. The largest absolute Gasteiger partial charge is 0.318 e. The summed E-state index contributed by atoms with van der Waals surface area (Å²) in [6, 6.07) is 23.3. The molecule has 1 heterocycles. The van der Waals surface area contributed by atoms with Gasteiger partial charge in [-0.3, -0.25) is 9.10 Å². The van der Waals surface area contributed by atoms with Crippen LogP contribution in [-0.4, -0.2) is 31.4 Å². The van der Waals surface area contributed by atoms with Crippen molar-refractivity contribution in [3.8, 4) is 5.69 Å². The van der Waals surface area contributed by atoms with E-state index in [1.807, 2.05) is 44.2 Å². The molecule has 0 saturated heterocycles. The second-order valence-electron chi connectivity index (χ2n) is 8.78. The number of aromatic nitrogens is 1. The maximum Gasteiger partial charge on any atom is 0.271 e. The fourth-order valence-electron chi connectivity index (χ4n) is 4.09. The monoisotopic (exact) mass is 612 g/mol. The highest BCUT2D eigenvalue weighted by Gasteiger charge is 2.18. The van der Waals surface area contributed by atoms with Gasteiger partial charge in [-0.1, -0.05) is 45.7 Å². The van der Waals surface area contributed by atoms with Gasteiger partial charge in [0, 0.05) is 37.7 Å². The van der Waals surface area contributed by atoms with Crippen LogP contribution in [0.2, 0.25) is 5.02 Å². The molecule has 4 rings (SSSR count). The molecule has 0 bridgehead atoms. The Labute approximate surface area is 235 Å². The van der Waals surface area contributed by atoms with Crippen LogP contribution in [0.25, 0.3) is 5.69 Å². The van der Waals surface area contributed by atoms with E-state index >= 15 is 0 Å². The van der Waals surface area contributed by atoms with E-state index in [0.29, 0.717) is 16.3 Å². The topological polar surface area (TPSA) is 83.8 Å². The molecule has 1 amide bonds. The molecule has 1 aromatic heterocycles. The van der Waals surface area contributed by atoms with E-state index < -0.39 is 15.9 Å².